The lowest BCUT2D eigenvalue weighted by molar-refractivity contribution is -0.152. The van der Waals surface area contributed by atoms with E-state index in [1.165, 1.54) is 39.0 Å². The monoisotopic (exact) mass is 429 g/mol. The third-order valence-electron chi connectivity index (χ3n) is 10.0. The maximum absolute atomic E-state index is 12.8. The number of carbonyl (C=O) groups excluding carboxylic acids is 2. The molecule has 0 aliphatic heterocycles. The summed E-state index contributed by atoms with van der Waals surface area (Å²) < 4.78 is 5.60. The highest BCUT2D eigenvalue weighted by Gasteiger charge is 2.58. The van der Waals surface area contributed by atoms with Crippen molar-refractivity contribution in [2.24, 2.45) is 40.4 Å². The molecule has 0 aromatic rings. The number of fused-ring (bicyclic) bond motifs is 5. The van der Waals surface area contributed by atoms with Gasteiger partial charge in [0.05, 0.1) is 0 Å². The van der Waals surface area contributed by atoms with Crippen molar-refractivity contribution in [3.05, 3.63) is 11.6 Å². The minimum absolute atomic E-state index is 0.102. The largest absolute Gasteiger partial charge is 0.463 e. The summed E-state index contributed by atoms with van der Waals surface area (Å²) in [5, 5.41) is 3.15. The Morgan fingerprint density at radius 1 is 1.13 bits per heavy atom. The predicted molar refractivity (Wildman–Crippen MR) is 123 cm³/mol. The standard InChI is InChI=1S/C27H43NO3/c1-6-15-28-25(30)17(2)22-9-10-23-21-8-7-19-16-20(31-18(3)29)11-13-26(19,4)24(21)12-14-27(22,23)5/h8,17,19-20,22-24H,6-7,9-16H2,1-5H3,(H,28,30)/t17-,19-,20-,22+,23-,24-,26-,27+/m0/s1. The van der Waals surface area contributed by atoms with Crippen molar-refractivity contribution in [3.63, 3.8) is 0 Å². The zero-order chi connectivity index (χ0) is 22.4. The van der Waals surface area contributed by atoms with Crippen LogP contribution in [0.15, 0.2) is 11.6 Å². The molecular formula is C27H43NO3. The summed E-state index contributed by atoms with van der Waals surface area (Å²) in [7, 11) is 0. The van der Waals surface area contributed by atoms with Crippen molar-refractivity contribution < 1.29 is 14.3 Å². The van der Waals surface area contributed by atoms with Crippen LogP contribution in [0.3, 0.4) is 0 Å². The summed E-state index contributed by atoms with van der Waals surface area (Å²) in [4.78, 5) is 24.2. The second kappa shape index (κ2) is 8.56. The molecule has 4 nitrogen and oxygen atoms in total. The Hall–Kier alpha value is -1.32. The quantitative estimate of drug-likeness (QED) is 0.453. The van der Waals surface area contributed by atoms with E-state index < -0.39 is 0 Å². The van der Waals surface area contributed by atoms with E-state index in [1.54, 1.807) is 5.57 Å². The number of carbonyl (C=O) groups is 2. The van der Waals surface area contributed by atoms with E-state index in [2.05, 4.69) is 39.1 Å². The predicted octanol–water partition coefficient (Wildman–Crippen LogP) is 5.66. The van der Waals surface area contributed by atoms with E-state index in [4.69, 9.17) is 4.74 Å². The highest BCUT2D eigenvalue weighted by atomic mass is 16.5. The van der Waals surface area contributed by atoms with E-state index in [0.717, 1.165) is 32.2 Å². The first-order valence-electron chi connectivity index (χ1n) is 12.9. The fourth-order valence-electron chi connectivity index (χ4n) is 8.27. The van der Waals surface area contributed by atoms with Gasteiger partial charge in [-0.2, -0.15) is 0 Å². The smallest absolute Gasteiger partial charge is 0.302 e. The van der Waals surface area contributed by atoms with Gasteiger partial charge in [0.15, 0.2) is 0 Å². The number of hydrogen-bond acceptors (Lipinski definition) is 3. The zero-order valence-electron chi connectivity index (χ0n) is 20.3. The first-order valence-corrected chi connectivity index (χ1v) is 12.9. The molecule has 0 saturated heterocycles. The van der Waals surface area contributed by atoms with E-state index in [9.17, 15) is 9.59 Å². The lowest BCUT2D eigenvalue weighted by Crippen LogP contribution is -2.50. The Kier molecular flexibility index (Phi) is 6.31. The van der Waals surface area contributed by atoms with E-state index in [0.29, 0.717) is 29.1 Å². The van der Waals surface area contributed by atoms with Crippen LogP contribution in [0.2, 0.25) is 0 Å². The molecule has 0 spiro atoms. The van der Waals surface area contributed by atoms with Gasteiger partial charge in [-0.15, -0.1) is 0 Å². The fourth-order valence-corrected chi connectivity index (χ4v) is 8.27. The van der Waals surface area contributed by atoms with Crippen molar-refractivity contribution in [2.45, 2.75) is 98.5 Å². The number of rotatable bonds is 5. The number of esters is 1. The van der Waals surface area contributed by atoms with Crippen molar-refractivity contribution in [1.82, 2.24) is 5.32 Å². The van der Waals surface area contributed by atoms with Crippen LogP contribution < -0.4 is 5.32 Å². The molecule has 3 fully saturated rings. The summed E-state index contributed by atoms with van der Waals surface area (Å²) in [6, 6.07) is 0. The highest BCUT2D eigenvalue weighted by Crippen LogP contribution is 2.66. The van der Waals surface area contributed by atoms with Crippen LogP contribution in [0.25, 0.3) is 0 Å². The number of nitrogens with one attached hydrogen (secondary N) is 1. The molecule has 8 atom stereocenters. The van der Waals surface area contributed by atoms with E-state index in [-0.39, 0.29) is 29.3 Å². The lowest BCUT2D eigenvalue weighted by atomic mass is 9.47. The van der Waals surface area contributed by atoms with Gasteiger partial charge in [0.2, 0.25) is 5.91 Å². The van der Waals surface area contributed by atoms with Crippen molar-refractivity contribution in [3.8, 4) is 0 Å². The summed E-state index contributed by atoms with van der Waals surface area (Å²) >= 11 is 0. The summed E-state index contributed by atoms with van der Waals surface area (Å²) in [6.07, 6.45) is 12.9. The molecule has 1 amide bonds. The van der Waals surface area contributed by atoms with Gasteiger partial charge in [0.25, 0.3) is 0 Å². The van der Waals surface area contributed by atoms with Crippen LogP contribution in [-0.2, 0) is 14.3 Å². The van der Waals surface area contributed by atoms with Crippen LogP contribution >= 0.6 is 0 Å². The molecule has 1 N–H and O–H groups in total. The minimum Gasteiger partial charge on any atom is -0.463 e. The highest BCUT2D eigenvalue weighted by molar-refractivity contribution is 5.78. The average Bonchev–Trinajstić information content (AvgIpc) is 3.08. The zero-order valence-corrected chi connectivity index (χ0v) is 20.3. The Labute approximate surface area is 189 Å². The van der Waals surface area contributed by atoms with E-state index in [1.807, 2.05) is 0 Å². The van der Waals surface area contributed by atoms with Crippen molar-refractivity contribution in [1.29, 1.82) is 0 Å². The van der Waals surface area contributed by atoms with Crippen LogP contribution in [-0.4, -0.2) is 24.5 Å². The van der Waals surface area contributed by atoms with Crippen molar-refractivity contribution in [2.75, 3.05) is 6.54 Å². The second-order valence-electron chi connectivity index (χ2n) is 11.6. The SMILES string of the molecule is CCCNC(=O)[C@@H](C)[C@H]1CC[C@H]2C3=CC[C@H]4C[C@@H](OC(C)=O)CC[C@]4(C)[C@H]3CC[C@]12C. The first kappa shape index (κ1) is 22.9. The van der Waals surface area contributed by atoms with Crippen LogP contribution in [0.1, 0.15) is 92.4 Å². The molecule has 3 saturated carbocycles. The topological polar surface area (TPSA) is 55.4 Å². The third kappa shape index (κ3) is 3.86. The molecule has 31 heavy (non-hydrogen) atoms. The molecule has 4 heteroatoms. The van der Waals surface area contributed by atoms with Crippen LogP contribution in [0, 0.1) is 40.4 Å². The van der Waals surface area contributed by atoms with Crippen LogP contribution in [0.4, 0.5) is 0 Å². The molecule has 0 unspecified atom stereocenters. The molecule has 0 bridgehead atoms. The maximum atomic E-state index is 12.8. The normalized spacial score (nSPS) is 42.5. The molecule has 174 valence electrons. The summed E-state index contributed by atoms with van der Waals surface area (Å²) in [5.41, 5.74) is 2.32. The van der Waals surface area contributed by atoms with Gasteiger partial charge in [-0.1, -0.05) is 39.3 Å². The molecule has 0 heterocycles. The lowest BCUT2D eigenvalue weighted by Gasteiger charge is -2.57. The Balaban J connectivity index is 1.52. The van der Waals surface area contributed by atoms with Gasteiger partial charge < -0.3 is 10.1 Å². The van der Waals surface area contributed by atoms with E-state index >= 15 is 0 Å². The number of amides is 1. The summed E-state index contributed by atoms with van der Waals surface area (Å²) in [6.45, 7) is 11.6. The summed E-state index contributed by atoms with van der Waals surface area (Å²) in [5.74, 6) is 2.64. The molecule has 4 aliphatic carbocycles. The maximum Gasteiger partial charge on any atom is 0.302 e. The fraction of sp³-hybridized carbons (Fsp3) is 0.852. The number of ether oxygens (including phenoxy) is 1. The van der Waals surface area contributed by atoms with Gasteiger partial charge >= 0.3 is 5.97 Å². The first-order chi connectivity index (χ1) is 14.7. The van der Waals surface area contributed by atoms with Crippen LogP contribution in [0.5, 0.6) is 0 Å². The molecule has 4 rings (SSSR count). The Bertz CT molecular complexity index is 745. The van der Waals surface area contributed by atoms with Gasteiger partial charge in [0.1, 0.15) is 6.10 Å². The van der Waals surface area contributed by atoms with Gasteiger partial charge in [-0.05, 0) is 92.3 Å². The Morgan fingerprint density at radius 2 is 1.84 bits per heavy atom. The van der Waals surface area contributed by atoms with Crippen molar-refractivity contribution >= 4 is 11.9 Å². The molecule has 0 aromatic heterocycles. The molecule has 0 radical (unpaired) electrons. The van der Waals surface area contributed by atoms with Gasteiger partial charge in [-0.3, -0.25) is 9.59 Å². The molecule has 4 aliphatic rings. The average molecular weight is 430 g/mol. The molecule has 0 aromatic carbocycles. The van der Waals surface area contributed by atoms with Gasteiger partial charge in [0, 0.05) is 19.4 Å². The second-order valence-corrected chi connectivity index (χ2v) is 11.6. The minimum atomic E-state index is -0.136. The number of allylic oxidation sites excluding steroid dienone is 2. The number of hydrogen-bond donors (Lipinski definition) is 1. The molecular weight excluding hydrogens is 386 g/mol. The van der Waals surface area contributed by atoms with Gasteiger partial charge in [-0.25, -0.2) is 0 Å². The Morgan fingerprint density at radius 3 is 2.55 bits per heavy atom. The third-order valence-corrected chi connectivity index (χ3v) is 10.0.